The van der Waals surface area contributed by atoms with Crippen LogP contribution in [0.4, 0.5) is 4.39 Å². The largest absolute Gasteiger partial charge is 0.493 e. The highest BCUT2D eigenvalue weighted by molar-refractivity contribution is 5.75. The first kappa shape index (κ1) is 28.6. The first-order valence-electron chi connectivity index (χ1n) is 15.4. The summed E-state index contributed by atoms with van der Waals surface area (Å²) < 4.78 is 29.2. The van der Waals surface area contributed by atoms with Crippen LogP contribution in [0.25, 0.3) is 16.8 Å². The van der Waals surface area contributed by atoms with Gasteiger partial charge in [-0.1, -0.05) is 0 Å². The molecule has 2 fully saturated rings. The summed E-state index contributed by atoms with van der Waals surface area (Å²) in [7, 11) is 1.57. The molecule has 5 heterocycles. The Bertz CT molecular complexity index is 1680. The van der Waals surface area contributed by atoms with Crippen LogP contribution in [0.5, 0.6) is 11.5 Å². The topological polar surface area (TPSA) is 126 Å². The predicted octanol–water partition coefficient (Wildman–Crippen LogP) is 3.65. The maximum Gasteiger partial charge on any atom is 0.176 e. The molecule has 0 aromatic carbocycles. The van der Waals surface area contributed by atoms with Crippen molar-refractivity contribution in [1.29, 1.82) is 5.26 Å². The molecule has 7 rings (SSSR count). The second kappa shape index (κ2) is 11.7. The van der Waals surface area contributed by atoms with E-state index in [1.165, 1.54) is 30.7 Å². The molecule has 2 saturated carbocycles. The summed E-state index contributed by atoms with van der Waals surface area (Å²) in [5, 5.41) is 32.0. The SMILES string of the molecule is COc1cnn2cc(-c3nn4c(c3C)CCN(C3CC5CCC(C3)C5NC#N)CC4)cc(OC(CO)c3ccc(F)cn3)c12. The minimum atomic E-state index is -0.818. The van der Waals surface area contributed by atoms with Crippen LogP contribution in [0.3, 0.4) is 0 Å². The Kier molecular flexibility index (Phi) is 7.60. The lowest BCUT2D eigenvalue weighted by Crippen LogP contribution is -2.48. The lowest BCUT2D eigenvalue weighted by molar-refractivity contribution is 0.109. The van der Waals surface area contributed by atoms with Crippen LogP contribution in [0.15, 0.2) is 36.8 Å². The Morgan fingerprint density at radius 3 is 2.68 bits per heavy atom. The van der Waals surface area contributed by atoms with Crippen molar-refractivity contribution < 1.29 is 19.0 Å². The molecule has 44 heavy (non-hydrogen) atoms. The second-order valence-electron chi connectivity index (χ2n) is 12.2. The number of nitrogens with zero attached hydrogens (tertiary/aromatic N) is 7. The van der Waals surface area contributed by atoms with Gasteiger partial charge in [-0.15, -0.1) is 0 Å². The molecule has 0 radical (unpaired) electrons. The van der Waals surface area contributed by atoms with Crippen LogP contribution >= 0.6 is 0 Å². The van der Waals surface area contributed by atoms with Crippen LogP contribution in [0, 0.1) is 36.0 Å². The maximum absolute atomic E-state index is 13.5. The summed E-state index contributed by atoms with van der Waals surface area (Å²) in [5.41, 5.74) is 5.06. The van der Waals surface area contributed by atoms with Crippen molar-refractivity contribution >= 4 is 5.52 Å². The van der Waals surface area contributed by atoms with Crippen LogP contribution in [0.2, 0.25) is 0 Å². The van der Waals surface area contributed by atoms with E-state index >= 15 is 0 Å². The van der Waals surface area contributed by atoms with Crippen LogP contribution in [-0.2, 0) is 13.0 Å². The quantitative estimate of drug-likeness (QED) is 0.230. The van der Waals surface area contributed by atoms with E-state index in [9.17, 15) is 14.8 Å². The van der Waals surface area contributed by atoms with Gasteiger partial charge in [0.2, 0.25) is 0 Å². The van der Waals surface area contributed by atoms with Gasteiger partial charge in [0.25, 0.3) is 0 Å². The number of hydrogen-bond acceptors (Lipinski definition) is 9. The van der Waals surface area contributed by atoms with Crippen molar-refractivity contribution in [3.05, 3.63) is 59.6 Å². The molecule has 4 aromatic rings. The van der Waals surface area contributed by atoms with Crippen LogP contribution in [0.1, 0.15) is 48.7 Å². The number of ether oxygens (including phenoxy) is 2. The van der Waals surface area contributed by atoms with Gasteiger partial charge in [0.15, 0.2) is 29.3 Å². The molecular weight excluding hydrogens is 563 g/mol. The van der Waals surface area contributed by atoms with Crippen molar-refractivity contribution in [2.45, 2.75) is 63.8 Å². The van der Waals surface area contributed by atoms with Gasteiger partial charge in [-0.3, -0.25) is 14.6 Å². The molecule has 0 spiro atoms. The number of pyridine rings is 2. The monoisotopic (exact) mass is 600 g/mol. The summed E-state index contributed by atoms with van der Waals surface area (Å²) in [4.78, 5) is 6.76. The van der Waals surface area contributed by atoms with Crippen molar-refractivity contribution in [2.75, 3.05) is 26.8 Å². The van der Waals surface area contributed by atoms with E-state index < -0.39 is 11.9 Å². The molecule has 3 atom stereocenters. The molecule has 4 aromatic heterocycles. The molecule has 230 valence electrons. The minimum absolute atomic E-state index is 0.349. The summed E-state index contributed by atoms with van der Waals surface area (Å²) in [6.07, 6.45) is 11.7. The Balaban J connectivity index is 1.15. The fourth-order valence-corrected chi connectivity index (χ4v) is 7.76. The number of aliphatic hydroxyl groups excluding tert-OH is 1. The van der Waals surface area contributed by atoms with E-state index in [2.05, 4.69) is 38.1 Å². The smallest absolute Gasteiger partial charge is 0.176 e. The van der Waals surface area contributed by atoms with E-state index in [1.54, 1.807) is 17.8 Å². The van der Waals surface area contributed by atoms with Crippen molar-refractivity contribution in [1.82, 2.24) is 34.6 Å². The summed E-state index contributed by atoms with van der Waals surface area (Å²) in [6, 6.07) is 5.61. The number of aromatic nitrogens is 5. The fourth-order valence-electron chi connectivity index (χ4n) is 7.76. The Morgan fingerprint density at radius 2 is 1.98 bits per heavy atom. The van der Waals surface area contributed by atoms with E-state index in [0.29, 0.717) is 46.6 Å². The number of nitriles is 1. The van der Waals surface area contributed by atoms with Gasteiger partial charge in [0.1, 0.15) is 5.82 Å². The van der Waals surface area contributed by atoms with Crippen LogP contribution < -0.4 is 14.8 Å². The Hall–Kier alpha value is -4.21. The standard InChI is InChI=1S/C32H37FN8O3/c1-19-26-7-8-39(24-11-20-3-4-21(12-24)31(20)36-18-34)9-10-40(26)38-30(19)22-13-27(32-28(43-2)15-37-41(32)16-22)44-29(17-42)25-6-5-23(33)14-35-25/h5-6,13-16,20-21,24,29,31,36,42H,3-4,7-12,17H2,1-2H3. The van der Waals surface area contributed by atoms with Gasteiger partial charge >= 0.3 is 0 Å². The molecule has 2 bridgehead atoms. The number of fused-ring (bicyclic) bond motifs is 4. The Morgan fingerprint density at radius 1 is 1.16 bits per heavy atom. The zero-order valence-corrected chi connectivity index (χ0v) is 25.0. The zero-order chi connectivity index (χ0) is 30.4. The molecule has 0 saturated heterocycles. The van der Waals surface area contributed by atoms with Gasteiger partial charge in [-0.25, -0.2) is 8.91 Å². The number of methoxy groups -OCH3 is 1. The maximum atomic E-state index is 13.5. The summed E-state index contributed by atoms with van der Waals surface area (Å²) >= 11 is 0. The van der Waals surface area contributed by atoms with Gasteiger partial charge in [-0.05, 0) is 68.2 Å². The van der Waals surface area contributed by atoms with Crippen LogP contribution in [-0.4, -0.2) is 73.3 Å². The Labute approximate surface area is 255 Å². The van der Waals surface area contributed by atoms with Gasteiger partial charge < -0.3 is 19.9 Å². The molecule has 1 aliphatic heterocycles. The lowest BCUT2D eigenvalue weighted by Gasteiger charge is -2.40. The lowest BCUT2D eigenvalue weighted by atomic mass is 9.80. The number of nitrogens with one attached hydrogen (secondary N) is 1. The molecule has 3 aliphatic rings. The summed E-state index contributed by atoms with van der Waals surface area (Å²) in [5.74, 6) is 1.69. The molecular formula is C32H37FN8O3. The highest BCUT2D eigenvalue weighted by Crippen LogP contribution is 2.44. The second-order valence-corrected chi connectivity index (χ2v) is 12.2. The third-order valence-electron chi connectivity index (χ3n) is 9.93. The van der Waals surface area contributed by atoms with E-state index in [0.717, 1.165) is 61.9 Å². The van der Waals surface area contributed by atoms with E-state index in [1.807, 2.05) is 12.3 Å². The van der Waals surface area contributed by atoms with Crippen molar-refractivity contribution in [2.24, 2.45) is 11.8 Å². The van der Waals surface area contributed by atoms with E-state index in [4.69, 9.17) is 14.6 Å². The molecule has 11 nitrogen and oxygen atoms in total. The normalized spacial score (nSPS) is 24.0. The third kappa shape index (κ3) is 5.04. The summed E-state index contributed by atoms with van der Waals surface area (Å²) in [6.45, 7) is 4.51. The van der Waals surface area contributed by atoms with Gasteiger partial charge in [0, 0.05) is 49.0 Å². The molecule has 2 aliphatic carbocycles. The molecule has 3 unspecified atom stereocenters. The van der Waals surface area contributed by atoms with Crippen molar-refractivity contribution in [3.63, 3.8) is 0 Å². The van der Waals surface area contributed by atoms with Gasteiger partial charge in [0.05, 0.1) is 44.0 Å². The molecule has 0 amide bonds. The third-order valence-corrected chi connectivity index (χ3v) is 9.93. The number of aliphatic hydroxyl groups is 1. The molecule has 2 N–H and O–H groups in total. The average Bonchev–Trinajstić information content (AvgIpc) is 3.59. The number of hydrogen-bond donors (Lipinski definition) is 2. The number of halogens is 1. The molecule has 12 heteroatoms. The first-order chi connectivity index (χ1) is 21.5. The highest BCUT2D eigenvalue weighted by atomic mass is 19.1. The highest BCUT2D eigenvalue weighted by Gasteiger charge is 2.44. The zero-order valence-electron chi connectivity index (χ0n) is 25.0. The number of rotatable bonds is 8. The minimum Gasteiger partial charge on any atom is -0.493 e. The fraction of sp³-hybridized carbons (Fsp3) is 0.500. The average molecular weight is 601 g/mol. The van der Waals surface area contributed by atoms with Gasteiger partial charge in [-0.2, -0.15) is 15.5 Å². The van der Waals surface area contributed by atoms with Crippen molar-refractivity contribution in [3.8, 4) is 28.9 Å². The first-order valence-corrected chi connectivity index (χ1v) is 15.4. The van der Waals surface area contributed by atoms with E-state index in [-0.39, 0.29) is 6.61 Å². The predicted molar refractivity (Wildman–Crippen MR) is 159 cm³/mol.